The number of nitrogens with one attached hydrogen (secondary N) is 2. The number of halogens is 1. The van der Waals surface area contributed by atoms with E-state index in [1.165, 1.54) is 12.1 Å². The van der Waals surface area contributed by atoms with Crippen LogP contribution >= 0.6 is 0 Å². The molecule has 4 rings (SSSR count). The third-order valence-corrected chi connectivity index (χ3v) is 4.81. The molecule has 0 aliphatic carbocycles. The maximum atomic E-state index is 13.8. The number of guanidine groups is 1. The highest BCUT2D eigenvalue weighted by atomic mass is 19.1. The van der Waals surface area contributed by atoms with Crippen molar-refractivity contribution >= 4 is 5.96 Å². The highest BCUT2D eigenvalue weighted by Crippen LogP contribution is 2.32. The number of hydrogen-bond acceptors (Lipinski definition) is 5. The van der Waals surface area contributed by atoms with Gasteiger partial charge >= 0.3 is 0 Å². The minimum absolute atomic E-state index is 0.197. The molecule has 0 saturated heterocycles. The monoisotopic (exact) mass is 401 g/mol. The van der Waals surface area contributed by atoms with Gasteiger partial charge in [-0.05, 0) is 48.2 Å². The van der Waals surface area contributed by atoms with Crippen molar-refractivity contribution in [1.82, 2.24) is 10.6 Å². The fourth-order valence-electron chi connectivity index (χ4n) is 3.40. The van der Waals surface area contributed by atoms with E-state index < -0.39 is 0 Å². The van der Waals surface area contributed by atoms with Crippen LogP contribution in [-0.4, -0.2) is 39.7 Å². The number of rotatable bonds is 6. The second-order valence-corrected chi connectivity index (χ2v) is 6.78. The first-order valence-electron chi connectivity index (χ1n) is 9.58. The number of hydrogen-bond donors (Lipinski definition) is 2. The molecule has 29 heavy (non-hydrogen) atoms. The lowest BCUT2D eigenvalue weighted by Gasteiger charge is -2.21. The Balaban J connectivity index is 1.25. The largest absolute Gasteiger partial charge is 0.467 e. The Labute approximate surface area is 168 Å². The summed E-state index contributed by atoms with van der Waals surface area (Å²) in [6.45, 7) is 2.16. The minimum atomic E-state index is -0.279. The van der Waals surface area contributed by atoms with Gasteiger partial charge in [0.05, 0.1) is 6.61 Å². The fourth-order valence-corrected chi connectivity index (χ4v) is 3.40. The van der Waals surface area contributed by atoms with Crippen LogP contribution in [0.1, 0.15) is 16.7 Å². The smallest absolute Gasteiger partial charge is 0.231 e. The van der Waals surface area contributed by atoms with E-state index in [2.05, 4.69) is 15.6 Å². The summed E-state index contributed by atoms with van der Waals surface area (Å²) in [4.78, 5) is 4.24. The van der Waals surface area contributed by atoms with E-state index in [-0.39, 0.29) is 19.4 Å². The molecule has 2 aliphatic heterocycles. The number of benzene rings is 2. The zero-order chi connectivity index (χ0) is 20.1. The molecule has 0 bridgehead atoms. The van der Waals surface area contributed by atoms with Crippen LogP contribution in [0, 0.1) is 5.82 Å². The van der Waals surface area contributed by atoms with Crippen molar-refractivity contribution in [3.8, 4) is 17.2 Å². The zero-order valence-electron chi connectivity index (χ0n) is 16.3. The first kappa shape index (κ1) is 19.3. The number of ether oxygens (including phenoxy) is 4. The molecule has 0 saturated carbocycles. The molecule has 0 unspecified atom stereocenters. The summed E-state index contributed by atoms with van der Waals surface area (Å²) in [5.74, 6) is 2.72. The topological polar surface area (TPSA) is 73.3 Å². The second-order valence-electron chi connectivity index (χ2n) is 6.78. The number of fused-ring (bicyclic) bond motifs is 2. The van der Waals surface area contributed by atoms with Crippen molar-refractivity contribution < 1.29 is 23.3 Å². The van der Waals surface area contributed by atoms with Gasteiger partial charge in [0.2, 0.25) is 6.79 Å². The fraction of sp³-hybridized carbons (Fsp3) is 0.381. The molecule has 2 N–H and O–H groups in total. The van der Waals surface area contributed by atoms with Gasteiger partial charge in [-0.15, -0.1) is 0 Å². The van der Waals surface area contributed by atoms with Gasteiger partial charge in [-0.2, -0.15) is 0 Å². The number of nitrogens with zero attached hydrogens (tertiary/aromatic N) is 1. The van der Waals surface area contributed by atoms with E-state index in [0.717, 1.165) is 46.9 Å². The summed E-state index contributed by atoms with van der Waals surface area (Å²) >= 11 is 0. The highest BCUT2D eigenvalue weighted by Gasteiger charge is 2.17. The summed E-state index contributed by atoms with van der Waals surface area (Å²) < 4.78 is 35.4. The van der Waals surface area contributed by atoms with Gasteiger partial charge in [-0.25, -0.2) is 4.39 Å². The predicted molar refractivity (Wildman–Crippen MR) is 106 cm³/mol. The lowest BCUT2D eigenvalue weighted by atomic mass is 10.1. The van der Waals surface area contributed by atoms with E-state index in [1.807, 2.05) is 18.2 Å². The lowest BCUT2D eigenvalue weighted by molar-refractivity contribution is -0.0172. The van der Waals surface area contributed by atoms with Crippen LogP contribution in [0.5, 0.6) is 17.2 Å². The second kappa shape index (κ2) is 9.00. The molecule has 0 atom stereocenters. The van der Waals surface area contributed by atoms with Gasteiger partial charge in [0, 0.05) is 25.7 Å². The Bertz CT molecular complexity index is 904. The molecule has 7 nitrogen and oxygen atoms in total. The molecule has 2 heterocycles. The summed E-state index contributed by atoms with van der Waals surface area (Å²) in [6.07, 6.45) is 1.44. The minimum Gasteiger partial charge on any atom is -0.467 e. The van der Waals surface area contributed by atoms with Gasteiger partial charge in [-0.1, -0.05) is 6.07 Å². The third kappa shape index (κ3) is 4.71. The van der Waals surface area contributed by atoms with Gasteiger partial charge < -0.3 is 29.6 Å². The van der Waals surface area contributed by atoms with Crippen molar-refractivity contribution in [2.45, 2.75) is 19.4 Å². The van der Waals surface area contributed by atoms with E-state index in [9.17, 15) is 4.39 Å². The molecule has 0 aromatic heterocycles. The molecule has 154 valence electrons. The molecule has 8 heteroatoms. The van der Waals surface area contributed by atoms with Gasteiger partial charge in [0.15, 0.2) is 24.3 Å². The normalized spacial score (nSPS) is 14.9. The van der Waals surface area contributed by atoms with Crippen LogP contribution in [0.3, 0.4) is 0 Å². The Morgan fingerprint density at radius 3 is 2.69 bits per heavy atom. The van der Waals surface area contributed by atoms with Crippen LogP contribution in [0.25, 0.3) is 0 Å². The van der Waals surface area contributed by atoms with Crippen molar-refractivity contribution in [2.75, 3.05) is 33.7 Å². The van der Waals surface area contributed by atoms with Crippen LogP contribution in [0.2, 0.25) is 0 Å². The Kier molecular flexibility index (Phi) is 6.00. The van der Waals surface area contributed by atoms with Crippen LogP contribution in [0.4, 0.5) is 4.39 Å². The Hall–Kier alpha value is -3.00. The van der Waals surface area contributed by atoms with Gasteiger partial charge in [-0.3, -0.25) is 4.99 Å². The molecular weight excluding hydrogens is 377 g/mol. The SMILES string of the molecule is CN=C(NCCc1ccc2c(c1)OCO2)NCCc1cc(F)cc2c1OCOC2. The van der Waals surface area contributed by atoms with Crippen molar-refractivity contribution in [3.05, 3.63) is 52.8 Å². The molecule has 2 aromatic carbocycles. The zero-order valence-corrected chi connectivity index (χ0v) is 16.3. The maximum Gasteiger partial charge on any atom is 0.231 e. The van der Waals surface area contributed by atoms with Crippen molar-refractivity contribution in [2.24, 2.45) is 4.99 Å². The summed E-state index contributed by atoms with van der Waals surface area (Å²) in [5, 5.41) is 6.54. The van der Waals surface area contributed by atoms with E-state index in [0.29, 0.717) is 25.5 Å². The molecule has 0 spiro atoms. The van der Waals surface area contributed by atoms with Crippen molar-refractivity contribution in [1.29, 1.82) is 0 Å². The van der Waals surface area contributed by atoms with Gasteiger partial charge in [0.25, 0.3) is 0 Å². The number of aliphatic imine (C=N–C) groups is 1. The summed E-state index contributed by atoms with van der Waals surface area (Å²) in [7, 11) is 1.72. The molecule has 2 aliphatic rings. The molecular formula is C21H24FN3O4. The van der Waals surface area contributed by atoms with E-state index >= 15 is 0 Å². The first-order valence-corrected chi connectivity index (χ1v) is 9.58. The first-order chi connectivity index (χ1) is 14.2. The Morgan fingerprint density at radius 1 is 1.00 bits per heavy atom. The third-order valence-electron chi connectivity index (χ3n) is 4.81. The molecule has 0 fully saturated rings. The van der Waals surface area contributed by atoms with Crippen LogP contribution < -0.4 is 24.8 Å². The standard InChI is InChI=1S/C21H24FN3O4/c1-23-21(24-6-4-14-2-3-18-19(8-14)28-13-27-18)25-7-5-15-9-17(22)10-16-11-26-12-29-20(15)16/h2-3,8-10H,4-7,11-13H2,1H3,(H2,23,24,25). The maximum absolute atomic E-state index is 13.8. The van der Waals surface area contributed by atoms with Crippen molar-refractivity contribution in [3.63, 3.8) is 0 Å². The quantitative estimate of drug-likeness (QED) is 0.572. The average Bonchev–Trinajstić information content (AvgIpc) is 3.20. The molecule has 2 aromatic rings. The predicted octanol–water partition coefficient (Wildman–Crippen LogP) is 2.37. The molecule has 0 radical (unpaired) electrons. The average molecular weight is 401 g/mol. The van der Waals surface area contributed by atoms with E-state index in [4.69, 9.17) is 18.9 Å². The molecule has 0 amide bonds. The van der Waals surface area contributed by atoms with Gasteiger partial charge in [0.1, 0.15) is 11.6 Å². The van der Waals surface area contributed by atoms with Crippen LogP contribution in [-0.2, 0) is 24.2 Å². The lowest BCUT2D eigenvalue weighted by Crippen LogP contribution is -2.39. The van der Waals surface area contributed by atoms with Crippen LogP contribution in [0.15, 0.2) is 35.3 Å². The summed E-state index contributed by atoms with van der Waals surface area (Å²) in [6, 6.07) is 8.93. The summed E-state index contributed by atoms with van der Waals surface area (Å²) in [5.41, 5.74) is 2.73. The van der Waals surface area contributed by atoms with E-state index in [1.54, 1.807) is 7.05 Å². The highest BCUT2D eigenvalue weighted by molar-refractivity contribution is 5.79. The Morgan fingerprint density at radius 2 is 1.83 bits per heavy atom.